The zero-order valence-electron chi connectivity index (χ0n) is 5.62. The van der Waals surface area contributed by atoms with Crippen LogP contribution in [0.3, 0.4) is 0 Å². The summed E-state index contributed by atoms with van der Waals surface area (Å²) in [5.74, 6) is 0.509. The van der Waals surface area contributed by atoms with Crippen LogP contribution in [-0.4, -0.2) is 42.2 Å². The van der Waals surface area contributed by atoms with Crippen LogP contribution in [0.4, 0.5) is 0 Å². The van der Waals surface area contributed by atoms with Gasteiger partial charge in [0.25, 0.3) is 0 Å². The number of likely N-dealkylation sites (tertiary alicyclic amines) is 1. The number of hydrogen-bond donors (Lipinski definition) is 2. The van der Waals surface area contributed by atoms with E-state index in [2.05, 4.69) is 4.90 Å². The van der Waals surface area contributed by atoms with Crippen LogP contribution in [0.5, 0.6) is 0 Å². The highest BCUT2D eigenvalue weighted by Crippen LogP contribution is 2.17. The van der Waals surface area contributed by atoms with Gasteiger partial charge in [-0.2, -0.15) is 0 Å². The summed E-state index contributed by atoms with van der Waals surface area (Å²) in [6.45, 7) is 2.02. The normalized spacial score (nSPS) is 21.7. The number of nitrogens with zero attached hydrogens (tertiary/aromatic N) is 1. The van der Waals surface area contributed by atoms with Crippen LogP contribution in [-0.2, 0) is 0 Å². The van der Waals surface area contributed by atoms with Crippen molar-refractivity contribution < 1.29 is 10.0 Å². The Labute approximate surface area is 55.4 Å². The molecule has 0 spiro atoms. The summed E-state index contributed by atoms with van der Waals surface area (Å²) in [6.07, 6.45) is 0.532. The first kappa shape index (κ1) is 7.06. The van der Waals surface area contributed by atoms with Crippen molar-refractivity contribution in [2.45, 2.75) is 6.32 Å². The molecule has 0 aromatic rings. The summed E-state index contributed by atoms with van der Waals surface area (Å²) in [5.41, 5.74) is 0. The third-order valence-electron chi connectivity index (χ3n) is 1.68. The van der Waals surface area contributed by atoms with Gasteiger partial charge >= 0.3 is 7.12 Å². The van der Waals surface area contributed by atoms with E-state index >= 15 is 0 Å². The maximum atomic E-state index is 8.51. The van der Waals surface area contributed by atoms with Crippen molar-refractivity contribution in [2.75, 3.05) is 20.1 Å². The third-order valence-corrected chi connectivity index (χ3v) is 1.68. The van der Waals surface area contributed by atoms with Crippen LogP contribution in [0.25, 0.3) is 0 Å². The van der Waals surface area contributed by atoms with E-state index in [1.165, 1.54) is 0 Å². The first-order chi connectivity index (χ1) is 4.18. The molecule has 1 saturated heterocycles. The summed E-state index contributed by atoms with van der Waals surface area (Å²) in [5, 5.41) is 17.0. The molecule has 2 N–H and O–H groups in total. The van der Waals surface area contributed by atoms with Crippen molar-refractivity contribution in [3.8, 4) is 0 Å². The largest absolute Gasteiger partial charge is 0.451 e. The Hall–Kier alpha value is -0.0551. The first-order valence-electron chi connectivity index (χ1n) is 3.23. The molecule has 0 aliphatic carbocycles. The molecule has 1 aliphatic rings. The molecule has 0 aromatic carbocycles. The van der Waals surface area contributed by atoms with Gasteiger partial charge in [-0.05, 0) is 19.3 Å². The highest BCUT2D eigenvalue weighted by Gasteiger charge is 2.26. The molecule has 1 rings (SSSR count). The third kappa shape index (κ3) is 1.97. The van der Waals surface area contributed by atoms with Crippen LogP contribution in [0, 0.1) is 5.92 Å². The molecule has 0 saturated carbocycles. The number of hydrogen-bond acceptors (Lipinski definition) is 3. The maximum Gasteiger partial charge on any atom is 0.451 e. The van der Waals surface area contributed by atoms with E-state index in [-0.39, 0.29) is 0 Å². The Balaban J connectivity index is 2.04. The fourth-order valence-corrected chi connectivity index (χ4v) is 1.28. The molecule has 0 atom stereocenters. The molecule has 0 aromatic heterocycles. The van der Waals surface area contributed by atoms with Crippen molar-refractivity contribution in [1.82, 2.24) is 4.90 Å². The Morgan fingerprint density at radius 3 is 2.44 bits per heavy atom. The molecule has 0 amide bonds. The van der Waals surface area contributed by atoms with Gasteiger partial charge in [-0.1, -0.05) is 0 Å². The van der Waals surface area contributed by atoms with Gasteiger partial charge in [-0.3, -0.25) is 0 Å². The molecule has 9 heavy (non-hydrogen) atoms. The summed E-state index contributed by atoms with van der Waals surface area (Å²) < 4.78 is 0. The molecule has 1 aliphatic heterocycles. The lowest BCUT2D eigenvalue weighted by Crippen LogP contribution is -2.45. The maximum absolute atomic E-state index is 8.51. The van der Waals surface area contributed by atoms with E-state index in [0.717, 1.165) is 13.1 Å². The summed E-state index contributed by atoms with van der Waals surface area (Å²) in [6, 6.07) is 0. The minimum atomic E-state index is -1.11. The lowest BCUT2D eigenvalue weighted by atomic mass is 9.75. The minimum Gasteiger partial charge on any atom is -0.427 e. The van der Waals surface area contributed by atoms with Crippen molar-refractivity contribution in [3.63, 3.8) is 0 Å². The molecule has 3 nitrogen and oxygen atoms in total. The molecule has 1 fully saturated rings. The van der Waals surface area contributed by atoms with E-state index in [1.807, 2.05) is 7.05 Å². The van der Waals surface area contributed by atoms with Crippen LogP contribution in [0.15, 0.2) is 0 Å². The van der Waals surface area contributed by atoms with Crippen molar-refractivity contribution in [3.05, 3.63) is 0 Å². The molecule has 4 heteroatoms. The summed E-state index contributed by atoms with van der Waals surface area (Å²) in [4.78, 5) is 2.16. The van der Waals surface area contributed by atoms with Crippen molar-refractivity contribution >= 4 is 7.12 Å². The molecular formula is C5H12BNO2. The molecule has 52 valence electrons. The van der Waals surface area contributed by atoms with Gasteiger partial charge in [-0.15, -0.1) is 0 Å². The Kier molecular flexibility index (Phi) is 2.11. The van der Waals surface area contributed by atoms with Crippen molar-refractivity contribution in [2.24, 2.45) is 5.92 Å². The highest BCUT2D eigenvalue weighted by molar-refractivity contribution is 6.41. The fourth-order valence-electron chi connectivity index (χ4n) is 1.28. The Bertz CT molecular complexity index is 93.0. The first-order valence-corrected chi connectivity index (χ1v) is 3.23. The van der Waals surface area contributed by atoms with E-state index in [9.17, 15) is 0 Å². The Morgan fingerprint density at radius 1 is 1.56 bits per heavy atom. The summed E-state index contributed by atoms with van der Waals surface area (Å²) in [7, 11) is 0.920. The molecular weight excluding hydrogens is 117 g/mol. The number of rotatable bonds is 2. The zero-order chi connectivity index (χ0) is 6.85. The van der Waals surface area contributed by atoms with E-state index < -0.39 is 7.12 Å². The van der Waals surface area contributed by atoms with Crippen LogP contribution < -0.4 is 0 Å². The van der Waals surface area contributed by atoms with Crippen molar-refractivity contribution in [1.29, 1.82) is 0 Å². The second-order valence-electron chi connectivity index (χ2n) is 2.80. The van der Waals surface area contributed by atoms with Crippen LogP contribution in [0.2, 0.25) is 6.32 Å². The van der Waals surface area contributed by atoms with Gasteiger partial charge in [0.15, 0.2) is 0 Å². The molecule has 0 radical (unpaired) electrons. The average Bonchev–Trinajstić information content (AvgIpc) is 1.60. The molecule has 0 bridgehead atoms. The molecule has 0 unspecified atom stereocenters. The predicted octanol–water partition coefficient (Wildman–Crippen LogP) is -0.979. The molecule has 1 heterocycles. The average molecular weight is 129 g/mol. The van der Waals surface area contributed by atoms with E-state index in [4.69, 9.17) is 10.0 Å². The van der Waals surface area contributed by atoms with E-state index in [1.54, 1.807) is 0 Å². The van der Waals surface area contributed by atoms with Crippen LogP contribution in [0.1, 0.15) is 0 Å². The smallest absolute Gasteiger partial charge is 0.427 e. The van der Waals surface area contributed by atoms with Gasteiger partial charge < -0.3 is 14.9 Å². The van der Waals surface area contributed by atoms with Gasteiger partial charge in [0, 0.05) is 13.1 Å². The second kappa shape index (κ2) is 2.69. The predicted molar refractivity (Wildman–Crippen MR) is 36.0 cm³/mol. The van der Waals surface area contributed by atoms with Gasteiger partial charge in [-0.25, -0.2) is 0 Å². The SMILES string of the molecule is CN1CC(CB(O)O)C1. The lowest BCUT2D eigenvalue weighted by Gasteiger charge is -2.35. The highest BCUT2D eigenvalue weighted by atomic mass is 16.4. The van der Waals surface area contributed by atoms with Crippen LogP contribution >= 0.6 is 0 Å². The topological polar surface area (TPSA) is 43.7 Å². The summed E-state index contributed by atoms with van der Waals surface area (Å²) >= 11 is 0. The standard InChI is InChI=1S/C5H12BNO2/c1-7-3-5(4-7)2-6(8)9/h5,8-9H,2-4H2,1H3. The monoisotopic (exact) mass is 129 g/mol. The van der Waals surface area contributed by atoms with Gasteiger partial charge in [0.2, 0.25) is 0 Å². The van der Waals surface area contributed by atoms with E-state index in [0.29, 0.717) is 12.2 Å². The van der Waals surface area contributed by atoms with Gasteiger partial charge in [0.05, 0.1) is 0 Å². The minimum absolute atomic E-state index is 0.509. The van der Waals surface area contributed by atoms with Gasteiger partial charge in [0.1, 0.15) is 0 Å². The fraction of sp³-hybridized carbons (Fsp3) is 1.00. The second-order valence-corrected chi connectivity index (χ2v) is 2.80. The quantitative estimate of drug-likeness (QED) is 0.471. The zero-order valence-corrected chi connectivity index (χ0v) is 5.62. The lowest BCUT2D eigenvalue weighted by molar-refractivity contribution is 0.142. The Morgan fingerprint density at radius 2 is 2.11 bits per heavy atom.